The molecule has 0 radical (unpaired) electrons. The van der Waals surface area contributed by atoms with Gasteiger partial charge in [0, 0.05) is 37.6 Å². The molecule has 2 atom stereocenters. The van der Waals surface area contributed by atoms with Crippen LogP contribution in [0.5, 0.6) is 0 Å². The van der Waals surface area contributed by atoms with E-state index in [1.165, 1.54) is 38.6 Å². The zero-order valence-corrected chi connectivity index (χ0v) is 12.1. The van der Waals surface area contributed by atoms with Gasteiger partial charge < -0.3 is 15.5 Å². The van der Waals surface area contributed by atoms with Gasteiger partial charge in [-0.3, -0.25) is 0 Å². The Balaban J connectivity index is 1.55. The Kier molecular flexibility index (Phi) is 4.82. The van der Waals surface area contributed by atoms with Crippen LogP contribution in [0.3, 0.4) is 0 Å². The van der Waals surface area contributed by atoms with E-state index in [1.54, 1.807) is 0 Å². The minimum atomic E-state index is 0.579. The lowest BCUT2D eigenvalue weighted by Gasteiger charge is -2.35. The molecule has 0 bridgehead atoms. The van der Waals surface area contributed by atoms with E-state index in [0.29, 0.717) is 12.1 Å². The molecule has 0 saturated carbocycles. The molecule has 1 aromatic rings. The first kappa shape index (κ1) is 13.8. The second-order valence-electron chi connectivity index (χ2n) is 5.88. The number of nitrogens with zero attached hydrogens (tertiary/aromatic N) is 3. The van der Waals surface area contributed by atoms with Crippen molar-refractivity contribution in [2.75, 3.05) is 31.1 Å². The van der Waals surface area contributed by atoms with Gasteiger partial charge >= 0.3 is 0 Å². The Labute approximate surface area is 121 Å². The molecule has 0 spiro atoms. The highest BCUT2D eigenvalue weighted by Crippen LogP contribution is 2.17. The number of aromatic nitrogens is 2. The van der Waals surface area contributed by atoms with Crippen molar-refractivity contribution in [3.05, 3.63) is 18.5 Å². The van der Waals surface area contributed by atoms with Gasteiger partial charge in [0.1, 0.15) is 0 Å². The van der Waals surface area contributed by atoms with Gasteiger partial charge in [-0.15, -0.1) is 0 Å². The Hall–Kier alpha value is -1.20. The summed E-state index contributed by atoms with van der Waals surface area (Å²) in [6.45, 7) is 4.44. The van der Waals surface area contributed by atoms with Gasteiger partial charge in [-0.1, -0.05) is 0 Å². The third kappa shape index (κ3) is 3.67. The van der Waals surface area contributed by atoms with Gasteiger partial charge in [-0.2, -0.15) is 0 Å². The number of hydrogen-bond donors (Lipinski definition) is 2. The maximum Gasteiger partial charge on any atom is 0.225 e. The molecule has 3 rings (SSSR count). The van der Waals surface area contributed by atoms with Gasteiger partial charge in [0.15, 0.2) is 0 Å². The summed E-state index contributed by atoms with van der Waals surface area (Å²) in [5.74, 6) is 0.876. The molecular formula is C15H25N5. The summed E-state index contributed by atoms with van der Waals surface area (Å²) in [5.41, 5.74) is 0. The SMILES string of the molecule is c1cnc(N2CCCC(NC3CCCNCC3)C2)nc1. The van der Waals surface area contributed by atoms with Crippen LogP contribution in [0.15, 0.2) is 18.5 Å². The summed E-state index contributed by atoms with van der Waals surface area (Å²) in [7, 11) is 0. The number of anilines is 1. The molecule has 3 heterocycles. The van der Waals surface area contributed by atoms with Crippen LogP contribution < -0.4 is 15.5 Å². The van der Waals surface area contributed by atoms with Crippen LogP contribution in [0.1, 0.15) is 32.1 Å². The van der Waals surface area contributed by atoms with Crippen LogP contribution in [0.25, 0.3) is 0 Å². The second kappa shape index (κ2) is 6.99. The van der Waals surface area contributed by atoms with Crippen molar-refractivity contribution < 1.29 is 0 Å². The molecule has 1 aromatic heterocycles. The van der Waals surface area contributed by atoms with E-state index in [4.69, 9.17) is 0 Å². The highest BCUT2D eigenvalue weighted by molar-refractivity contribution is 5.29. The first-order valence-corrected chi connectivity index (χ1v) is 7.90. The maximum atomic E-state index is 4.38. The molecule has 5 heteroatoms. The van der Waals surface area contributed by atoms with Gasteiger partial charge in [-0.25, -0.2) is 9.97 Å². The van der Waals surface area contributed by atoms with Crippen LogP contribution in [-0.2, 0) is 0 Å². The predicted octanol–water partition coefficient (Wildman–Crippen LogP) is 1.18. The Morgan fingerprint density at radius 3 is 2.80 bits per heavy atom. The van der Waals surface area contributed by atoms with Gasteiger partial charge in [0.05, 0.1) is 0 Å². The fourth-order valence-electron chi connectivity index (χ4n) is 3.27. The van der Waals surface area contributed by atoms with Gasteiger partial charge in [0.25, 0.3) is 0 Å². The highest BCUT2D eigenvalue weighted by atomic mass is 15.3. The molecule has 2 aliphatic rings. The van der Waals surface area contributed by atoms with Crippen molar-refractivity contribution in [3.63, 3.8) is 0 Å². The zero-order chi connectivity index (χ0) is 13.6. The maximum absolute atomic E-state index is 4.38. The van der Waals surface area contributed by atoms with Crippen LogP contribution >= 0.6 is 0 Å². The monoisotopic (exact) mass is 275 g/mol. The van der Waals surface area contributed by atoms with Crippen LogP contribution in [-0.4, -0.2) is 48.2 Å². The van der Waals surface area contributed by atoms with Crippen molar-refractivity contribution in [1.29, 1.82) is 0 Å². The quantitative estimate of drug-likeness (QED) is 0.867. The lowest BCUT2D eigenvalue weighted by atomic mass is 10.0. The molecule has 0 amide bonds. The van der Waals surface area contributed by atoms with Crippen LogP contribution in [0.4, 0.5) is 5.95 Å². The van der Waals surface area contributed by atoms with E-state index in [2.05, 4.69) is 25.5 Å². The van der Waals surface area contributed by atoms with Gasteiger partial charge in [0.2, 0.25) is 5.95 Å². The van der Waals surface area contributed by atoms with E-state index < -0.39 is 0 Å². The van der Waals surface area contributed by atoms with Crippen molar-refractivity contribution in [1.82, 2.24) is 20.6 Å². The van der Waals surface area contributed by atoms with E-state index in [0.717, 1.165) is 25.6 Å². The molecular weight excluding hydrogens is 250 g/mol. The molecule has 2 fully saturated rings. The number of rotatable bonds is 3. The van der Waals surface area contributed by atoms with Crippen molar-refractivity contribution in [3.8, 4) is 0 Å². The molecule has 0 aromatic carbocycles. The minimum Gasteiger partial charge on any atom is -0.339 e. The normalized spacial score (nSPS) is 28.1. The topological polar surface area (TPSA) is 53.1 Å². The molecule has 2 saturated heterocycles. The summed E-state index contributed by atoms with van der Waals surface area (Å²) in [5, 5.41) is 7.34. The third-order valence-electron chi connectivity index (χ3n) is 4.30. The van der Waals surface area contributed by atoms with E-state index in [9.17, 15) is 0 Å². The molecule has 2 aliphatic heterocycles. The molecule has 0 aliphatic carbocycles. The molecule has 2 N–H and O–H groups in total. The Morgan fingerprint density at radius 2 is 1.90 bits per heavy atom. The number of piperidine rings is 1. The standard InChI is InChI=1S/C15H25N5/c1-4-13(6-10-16-7-1)19-14-5-2-11-20(12-14)15-17-8-3-9-18-15/h3,8-9,13-14,16,19H,1-2,4-7,10-12H2. The number of nitrogens with one attached hydrogen (secondary N) is 2. The summed E-state index contributed by atoms with van der Waals surface area (Å²) in [6, 6.07) is 3.13. The Bertz CT molecular complexity index is 389. The average Bonchev–Trinajstić information content (AvgIpc) is 2.77. The summed E-state index contributed by atoms with van der Waals surface area (Å²) < 4.78 is 0. The highest BCUT2D eigenvalue weighted by Gasteiger charge is 2.24. The smallest absolute Gasteiger partial charge is 0.225 e. The van der Waals surface area contributed by atoms with E-state index in [1.807, 2.05) is 18.5 Å². The summed E-state index contributed by atoms with van der Waals surface area (Å²) in [4.78, 5) is 11.1. The van der Waals surface area contributed by atoms with E-state index >= 15 is 0 Å². The van der Waals surface area contributed by atoms with Crippen molar-refractivity contribution in [2.45, 2.75) is 44.2 Å². The van der Waals surface area contributed by atoms with Crippen molar-refractivity contribution >= 4 is 5.95 Å². The lowest BCUT2D eigenvalue weighted by molar-refractivity contribution is 0.353. The summed E-state index contributed by atoms with van der Waals surface area (Å²) >= 11 is 0. The molecule has 20 heavy (non-hydrogen) atoms. The fraction of sp³-hybridized carbons (Fsp3) is 0.733. The molecule has 110 valence electrons. The fourth-order valence-corrected chi connectivity index (χ4v) is 3.27. The average molecular weight is 275 g/mol. The first-order valence-electron chi connectivity index (χ1n) is 7.90. The largest absolute Gasteiger partial charge is 0.339 e. The minimum absolute atomic E-state index is 0.579. The van der Waals surface area contributed by atoms with E-state index in [-0.39, 0.29) is 0 Å². The third-order valence-corrected chi connectivity index (χ3v) is 4.30. The zero-order valence-electron chi connectivity index (χ0n) is 12.1. The van der Waals surface area contributed by atoms with Crippen LogP contribution in [0.2, 0.25) is 0 Å². The first-order chi connectivity index (χ1) is 9.92. The van der Waals surface area contributed by atoms with Crippen molar-refractivity contribution in [2.24, 2.45) is 0 Å². The summed E-state index contributed by atoms with van der Waals surface area (Å²) in [6.07, 6.45) is 9.99. The second-order valence-corrected chi connectivity index (χ2v) is 5.88. The predicted molar refractivity (Wildman–Crippen MR) is 80.9 cm³/mol. The lowest BCUT2D eigenvalue weighted by Crippen LogP contribution is -2.49. The Morgan fingerprint density at radius 1 is 1.05 bits per heavy atom. The molecule has 2 unspecified atom stereocenters. The van der Waals surface area contributed by atoms with Crippen LogP contribution in [0, 0.1) is 0 Å². The number of hydrogen-bond acceptors (Lipinski definition) is 5. The van der Waals surface area contributed by atoms with Gasteiger partial charge in [-0.05, 0) is 51.3 Å². The molecule has 5 nitrogen and oxygen atoms in total.